The molecule has 1 amide bonds. The van der Waals surface area contributed by atoms with Gasteiger partial charge < -0.3 is 4.90 Å². The fraction of sp³-hybridized carbons (Fsp3) is 0.318. The van der Waals surface area contributed by atoms with Crippen LogP contribution in [-0.4, -0.2) is 36.8 Å². The van der Waals surface area contributed by atoms with Crippen LogP contribution in [0.3, 0.4) is 0 Å². The normalized spacial score (nSPS) is 19.5. The van der Waals surface area contributed by atoms with Gasteiger partial charge in [-0.15, -0.1) is 0 Å². The summed E-state index contributed by atoms with van der Waals surface area (Å²) in [5, 5.41) is -0.314. The Labute approximate surface area is 189 Å². The van der Waals surface area contributed by atoms with Crippen LogP contribution in [0, 0.1) is 5.82 Å². The first-order valence-electron chi connectivity index (χ1n) is 10.1. The predicted molar refractivity (Wildman–Crippen MR) is 115 cm³/mol. The lowest BCUT2D eigenvalue weighted by molar-refractivity contribution is -0.126. The topological polar surface area (TPSA) is 101 Å². The molecule has 1 fully saturated rings. The Bertz CT molecular complexity index is 1230. The molecule has 10 heteroatoms. The van der Waals surface area contributed by atoms with Gasteiger partial charge in [-0.2, -0.15) is 0 Å². The van der Waals surface area contributed by atoms with Gasteiger partial charge >= 0.3 is 0 Å². The number of amides is 1. The Kier molecular flexibility index (Phi) is 6.05. The first kappa shape index (κ1) is 22.4. The van der Waals surface area contributed by atoms with E-state index in [-0.39, 0.29) is 52.5 Å². The van der Waals surface area contributed by atoms with E-state index in [4.69, 9.17) is 11.6 Å². The lowest BCUT2D eigenvalue weighted by Gasteiger charge is -2.27. The largest absolute Gasteiger partial charge is 0.324 e. The number of carbonyl (C=O) groups excluding carboxylic acids is 3. The summed E-state index contributed by atoms with van der Waals surface area (Å²) in [5.41, 5.74) is 1.19. The van der Waals surface area contributed by atoms with Gasteiger partial charge in [0.2, 0.25) is 0 Å². The Balaban J connectivity index is 1.55. The number of Topliss-reactive ketones (excluding diaryl/α,β-unsaturated/α-hetero) is 2. The van der Waals surface area contributed by atoms with Crippen molar-refractivity contribution >= 4 is 44.8 Å². The number of nitrogens with zero attached hydrogens (tertiary/aromatic N) is 1. The lowest BCUT2D eigenvalue weighted by Crippen LogP contribution is -2.42. The van der Waals surface area contributed by atoms with E-state index in [2.05, 4.69) is 4.72 Å². The molecule has 0 bridgehead atoms. The van der Waals surface area contributed by atoms with Crippen LogP contribution in [-0.2, 0) is 26.2 Å². The van der Waals surface area contributed by atoms with Gasteiger partial charge in [-0.1, -0.05) is 11.6 Å². The Morgan fingerprint density at radius 3 is 2.56 bits per heavy atom. The minimum Gasteiger partial charge on any atom is -0.324 e. The minimum absolute atomic E-state index is 0.0622. The number of sulfonamides is 1. The van der Waals surface area contributed by atoms with Crippen LogP contribution in [0.5, 0.6) is 0 Å². The molecule has 7 nitrogen and oxygen atoms in total. The highest BCUT2D eigenvalue weighted by molar-refractivity contribution is 7.92. The molecular formula is C22H20ClFN2O5S. The van der Waals surface area contributed by atoms with Crippen molar-refractivity contribution in [2.24, 2.45) is 0 Å². The van der Waals surface area contributed by atoms with Crippen molar-refractivity contribution < 1.29 is 27.2 Å². The summed E-state index contributed by atoms with van der Waals surface area (Å²) in [7, 11) is -4.03. The zero-order valence-electron chi connectivity index (χ0n) is 16.9. The monoisotopic (exact) mass is 478 g/mol. The third-order valence-corrected chi connectivity index (χ3v) is 7.38. The molecule has 1 aliphatic carbocycles. The number of nitrogens with one attached hydrogen (secondary N) is 1. The predicted octanol–water partition coefficient (Wildman–Crippen LogP) is 3.71. The number of fused-ring (bicyclic) bond motifs is 1. The van der Waals surface area contributed by atoms with Crippen molar-refractivity contribution in [3.05, 3.63) is 58.4 Å². The number of hydrogen-bond acceptors (Lipinski definition) is 5. The molecular weight excluding hydrogens is 459 g/mol. The second kappa shape index (κ2) is 8.63. The summed E-state index contributed by atoms with van der Waals surface area (Å²) in [4.78, 5) is 38.6. The van der Waals surface area contributed by atoms with E-state index in [9.17, 15) is 27.2 Å². The van der Waals surface area contributed by atoms with Crippen molar-refractivity contribution in [3.63, 3.8) is 0 Å². The summed E-state index contributed by atoms with van der Waals surface area (Å²) in [5.74, 6) is -1.02. The summed E-state index contributed by atoms with van der Waals surface area (Å²) >= 11 is 5.69. The standard InChI is InChI=1S/C22H20ClFN2O5S/c23-18-11-16(6-8-19(18)24)32(30,31)25-14-4-7-17-13(10-14)12-26(22(17)29)20-9-5-15(27)2-1-3-21(20)28/h4,6-8,10-11,20,25H,1-3,5,9,12H2. The number of halogens is 2. The summed E-state index contributed by atoms with van der Waals surface area (Å²) in [6.07, 6.45) is 1.67. The van der Waals surface area contributed by atoms with E-state index < -0.39 is 21.9 Å². The molecule has 4 rings (SSSR count). The minimum atomic E-state index is -4.03. The average Bonchev–Trinajstić information content (AvgIpc) is 3.04. The van der Waals surface area contributed by atoms with E-state index >= 15 is 0 Å². The van der Waals surface area contributed by atoms with Gasteiger partial charge in [0.25, 0.3) is 15.9 Å². The van der Waals surface area contributed by atoms with Gasteiger partial charge in [-0.3, -0.25) is 19.1 Å². The molecule has 1 unspecified atom stereocenters. The van der Waals surface area contributed by atoms with E-state index in [1.807, 2.05) is 0 Å². The van der Waals surface area contributed by atoms with Crippen molar-refractivity contribution in [1.29, 1.82) is 0 Å². The molecule has 0 aromatic heterocycles. The van der Waals surface area contributed by atoms with Crippen molar-refractivity contribution in [3.8, 4) is 0 Å². The smallest absolute Gasteiger partial charge is 0.261 e. The van der Waals surface area contributed by atoms with Crippen LogP contribution in [0.2, 0.25) is 5.02 Å². The molecule has 1 heterocycles. The number of rotatable bonds is 4. The molecule has 0 radical (unpaired) electrons. The van der Waals surface area contributed by atoms with Gasteiger partial charge in [0.1, 0.15) is 11.6 Å². The van der Waals surface area contributed by atoms with Crippen LogP contribution in [0.25, 0.3) is 0 Å². The third-order valence-electron chi connectivity index (χ3n) is 5.71. The van der Waals surface area contributed by atoms with Gasteiger partial charge in [-0.25, -0.2) is 12.8 Å². The zero-order chi connectivity index (χ0) is 23.0. The molecule has 32 heavy (non-hydrogen) atoms. The second-order valence-electron chi connectivity index (χ2n) is 7.90. The number of anilines is 1. The summed E-state index contributed by atoms with van der Waals surface area (Å²) in [6.45, 7) is 0.150. The number of ketones is 2. The highest BCUT2D eigenvalue weighted by Crippen LogP contribution is 2.31. The first-order chi connectivity index (χ1) is 15.2. The molecule has 1 saturated carbocycles. The number of hydrogen-bond donors (Lipinski definition) is 1. The molecule has 0 saturated heterocycles. The lowest BCUT2D eigenvalue weighted by atomic mass is 9.94. The molecule has 1 aliphatic heterocycles. The quantitative estimate of drug-likeness (QED) is 0.722. The maximum absolute atomic E-state index is 13.4. The van der Waals surface area contributed by atoms with Crippen LogP contribution in [0.15, 0.2) is 41.3 Å². The molecule has 1 atom stereocenters. The molecule has 0 spiro atoms. The van der Waals surface area contributed by atoms with Crippen molar-refractivity contribution in [2.45, 2.75) is 49.6 Å². The van der Waals surface area contributed by atoms with Crippen LogP contribution >= 0.6 is 11.6 Å². The third kappa shape index (κ3) is 4.40. The second-order valence-corrected chi connectivity index (χ2v) is 9.99. The highest BCUT2D eigenvalue weighted by Gasteiger charge is 2.37. The van der Waals surface area contributed by atoms with Crippen molar-refractivity contribution in [1.82, 2.24) is 4.90 Å². The maximum atomic E-state index is 13.4. The molecule has 2 aromatic carbocycles. The Morgan fingerprint density at radius 1 is 1.03 bits per heavy atom. The first-order valence-corrected chi connectivity index (χ1v) is 12.0. The van der Waals surface area contributed by atoms with Gasteiger partial charge in [-0.05, 0) is 54.8 Å². The number of carbonyl (C=O) groups is 3. The fourth-order valence-electron chi connectivity index (χ4n) is 4.06. The van der Waals surface area contributed by atoms with Crippen LogP contribution in [0.4, 0.5) is 10.1 Å². The fourth-order valence-corrected chi connectivity index (χ4v) is 5.38. The molecule has 2 aromatic rings. The van der Waals surface area contributed by atoms with Crippen LogP contribution in [0.1, 0.15) is 48.0 Å². The Hall–Kier alpha value is -2.78. The van der Waals surface area contributed by atoms with E-state index in [1.54, 1.807) is 0 Å². The maximum Gasteiger partial charge on any atom is 0.261 e. The number of benzene rings is 2. The SMILES string of the molecule is O=C1CCCC(=O)C(N2Cc3cc(NS(=O)(=O)c4ccc(F)c(Cl)c4)ccc3C2=O)CC1. The van der Waals surface area contributed by atoms with Crippen LogP contribution < -0.4 is 4.72 Å². The van der Waals surface area contributed by atoms with E-state index in [0.29, 0.717) is 30.4 Å². The molecule has 1 N–H and O–H groups in total. The summed E-state index contributed by atoms with van der Waals surface area (Å²) in [6, 6.07) is 6.91. The Morgan fingerprint density at radius 2 is 1.81 bits per heavy atom. The van der Waals surface area contributed by atoms with Gasteiger partial charge in [0.15, 0.2) is 5.78 Å². The highest BCUT2D eigenvalue weighted by atomic mass is 35.5. The van der Waals surface area contributed by atoms with E-state index in [0.717, 1.165) is 18.2 Å². The van der Waals surface area contributed by atoms with Gasteiger partial charge in [0.05, 0.1) is 16.0 Å². The van der Waals surface area contributed by atoms with Crippen molar-refractivity contribution in [2.75, 3.05) is 4.72 Å². The molecule has 168 valence electrons. The average molecular weight is 479 g/mol. The molecule has 2 aliphatic rings. The van der Waals surface area contributed by atoms with E-state index in [1.165, 1.54) is 23.1 Å². The zero-order valence-corrected chi connectivity index (χ0v) is 18.5. The van der Waals surface area contributed by atoms with Gasteiger partial charge in [0, 0.05) is 37.1 Å². The summed E-state index contributed by atoms with van der Waals surface area (Å²) < 4.78 is 41.0.